The summed E-state index contributed by atoms with van der Waals surface area (Å²) in [4.78, 5) is 2.07. The number of aliphatic hydroxyl groups is 1. The average molecular weight is 237 g/mol. The zero-order chi connectivity index (χ0) is 12.4. The van der Waals surface area contributed by atoms with Crippen LogP contribution in [0.1, 0.15) is 25.8 Å². The fourth-order valence-electron chi connectivity index (χ4n) is 2.58. The van der Waals surface area contributed by atoms with Crippen molar-refractivity contribution in [3.63, 3.8) is 0 Å². The van der Waals surface area contributed by atoms with Gasteiger partial charge in [0.2, 0.25) is 0 Å². The fraction of sp³-hybridized carbons (Fsp3) is 0.571. The van der Waals surface area contributed by atoms with Gasteiger partial charge >= 0.3 is 0 Å². The lowest BCUT2D eigenvalue weighted by molar-refractivity contribution is 0.281. The summed E-state index contributed by atoms with van der Waals surface area (Å²) in [6.07, 6.45) is 1.11. The lowest BCUT2D eigenvalue weighted by Gasteiger charge is -2.23. The van der Waals surface area contributed by atoms with E-state index in [2.05, 4.69) is 18.7 Å². The van der Waals surface area contributed by atoms with Crippen molar-refractivity contribution in [1.82, 2.24) is 0 Å². The van der Waals surface area contributed by atoms with Gasteiger partial charge in [-0.25, -0.2) is 4.39 Å². The van der Waals surface area contributed by atoms with Gasteiger partial charge in [0.15, 0.2) is 0 Å². The smallest absolute Gasteiger partial charge is 0.146 e. The van der Waals surface area contributed by atoms with E-state index < -0.39 is 0 Å². The molecule has 0 aliphatic carbocycles. The van der Waals surface area contributed by atoms with Gasteiger partial charge in [-0.3, -0.25) is 0 Å². The number of nitrogens with zero attached hydrogens (tertiary/aromatic N) is 1. The van der Waals surface area contributed by atoms with E-state index in [0.717, 1.165) is 19.5 Å². The first-order chi connectivity index (χ1) is 8.13. The zero-order valence-corrected chi connectivity index (χ0v) is 10.5. The van der Waals surface area contributed by atoms with Crippen molar-refractivity contribution < 1.29 is 9.50 Å². The lowest BCUT2D eigenvalue weighted by Crippen LogP contribution is -2.23. The second kappa shape index (κ2) is 5.05. The normalized spacial score (nSPS) is 20.3. The van der Waals surface area contributed by atoms with Gasteiger partial charge in [0.25, 0.3) is 0 Å². The van der Waals surface area contributed by atoms with Crippen molar-refractivity contribution in [2.45, 2.75) is 26.9 Å². The summed E-state index contributed by atoms with van der Waals surface area (Å²) >= 11 is 0. The van der Waals surface area contributed by atoms with Gasteiger partial charge in [-0.05, 0) is 24.3 Å². The first-order valence-corrected chi connectivity index (χ1v) is 6.26. The molecule has 0 bridgehead atoms. The van der Waals surface area contributed by atoms with Crippen LogP contribution < -0.4 is 4.90 Å². The molecule has 1 aliphatic heterocycles. The van der Waals surface area contributed by atoms with E-state index in [0.29, 0.717) is 23.1 Å². The molecule has 2 nitrogen and oxygen atoms in total. The fourth-order valence-corrected chi connectivity index (χ4v) is 2.58. The average Bonchev–Trinajstić information content (AvgIpc) is 2.77. The molecule has 1 aliphatic rings. The molecule has 1 saturated heterocycles. The molecule has 0 spiro atoms. The largest absolute Gasteiger partial charge is 0.392 e. The first kappa shape index (κ1) is 12.4. The Bertz CT molecular complexity index is 392. The Labute approximate surface area is 102 Å². The van der Waals surface area contributed by atoms with E-state index >= 15 is 0 Å². The SMILES string of the molecule is CC(C)C1CCN(c2c(F)cccc2CO)C1. The Kier molecular flexibility index (Phi) is 3.67. The van der Waals surface area contributed by atoms with Crippen molar-refractivity contribution in [3.05, 3.63) is 29.6 Å². The summed E-state index contributed by atoms with van der Waals surface area (Å²) in [6, 6.07) is 4.92. The number of rotatable bonds is 3. The molecular weight excluding hydrogens is 217 g/mol. The molecule has 1 heterocycles. The van der Waals surface area contributed by atoms with Crippen LogP contribution in [-0.2, 0) is 6.61 Å². The Morgan fingerprint density at radius 1 is 1.47 bits per heavy atom. The Balaban J connectivity index is 2.24. The van der Waals surface area contributed by atoms with Crippen molar-refractivity contribution >= 4 is 5.69 Å². The molecule has 1 unspecified atom stereocenters. The van der Waals surface area contributed by atoms with Crippen LogP contribution in [-0.4, -0.2) is 18.2 Å². The van der Waals surface area contributed by atoms with Crippen LogP contribution in [0.2, 0.25) is 0 Å². The van der Waals surface area contributed by atoms with Crippen LogP contribution in [0.4, 0.5) is 10.1 Å². The lowest BCUT2D eigenvalue weighted by atomic mass is 9.95. The molecule has 3 heteroatoms. The highest BCUT2D eigenvalue weighted by Gasteiger charge is 2.27. The van der Waals surface area contributed by atoms with E-state index in [4.69, 9.17) is 0 Å². The van der Waals surface area contributed by atoms with Gasteiger partial charge in [0.1, 0.15) is 5.82 Å². The Hall–Kier alpha value is -1.09. The number of para-hydroxylation sites is 1. The number of hydrogen-bond donors (Lipinski definition) is 1. The molecule has 17 heavy (non-hydrogen) atoms. The Morgan fingerprint density at radius 2 is 2.24 bits per heavy atom. The number of anilines is 1. The molecule has 1 fully saturated rings. The van der Waals surface area contributed by atoms with E-state index in [1.165, 1.54) is 6.07 Å². The summed E-state index contributed by atoms with van der Waals surface area (Å²) in [5, 5.41) is 9.28. The van der Waals surface area contributed by atoms with Crippen LogP contribution in [0.15, 0.2) is 18.2 Å². The Morgan fingerprint density at radius 3 is 2.82 bits per heavy atom. The quantitative estimate of drug-likeness (QED) is 0.873. The second-order valence-electron chi connectivity index (χ2n) is 5.14. The van der Waals surface area contributed by atoms with Gasteiger partial charge < -0.3 is 10.0 Å². The van der Waals surface area contributed by atoms with E-state index in [9.17, 15) is 9.50 Å². The number of hydrogen-bond acceptors (Lipinski definition) is 2. The van der Waals surface area contributed by atoms with Crippen LogP contribution in [0, 0.1) is 17.7 Å². The van der Waals surface area contributed by atoms with Gasteiger partial charge in [-0.1, -0.05) is 26.0 Å². The molecule has 0 radical (unpaired) electrons. The zero-order valence-electron chi connectivity index (χ0n) is 10.5. The van der Waals surface area contributed by atoms with Crippen molar-refractivity contribution in [1.29, 1.82) is 0 Å². The van der Waals surface area contributed by atoms with Gasteiger partial charge in [0, 0.05) is 18.7 Å². The highest BCUT2D eigenvalue weighted by atomic mass is 19.1. The van der Waals surface area contributed by atoms with Crippen LogP contribution >= 0.6 is 0 Å². The standard InChI is InChI=1S/C14H20FNO/c1-10(2)11-6-7-16(8-11)14-12(9-17)4-3-5-13(14)15/h3-5,10-11,17H,6-9H2,1-2H3. The first-order valence-electron chi connectivity index (χ1n) is 6.26. The molecule has 1 aromatic carbocycles. The summed E-state index contributed by atoms with van der Waals surface area (Å²) in [5.74, 6) is 1.03. The predicted molar refractivity (Wildman–Crippen MR) is 67.5 cm³/mol. The molecule has 94 valence electrons. The summed E-state index contributed by atoms with van der Waals surface area (Å²) < 4.78 is 13.9. The van der Waals surface area contributed by atoms with Crippen molar-refractivity contribution in [2.75, 3.05) is 18.0 Å². The van der Waals surface area contributed by atoms with E-state index in [1.54, 1.807) is 12.1 Å². The molecular formula is C14H20FNO. The van der Waals surface area contributed by atoms with Gasteiger partial charge in [0.05, 0.1) is 12.3 Å². The number of halogens is 1. The minimum Gasteiger partial charge on any atom is -0.392 e. The van der Waals surface area contributed by atoms with Crippen LogP contribution in [0.3, 0.4) is 0 Å². The maximum atomic E-state index is 13.9. The summed E-state index contributed by atoms with van der Waals surface area (Å²) in [5.41, 5.74) is 1.28. The molecule has 0 aromatic heterocycles. The minimum absolute atomic E-state index is 0.101. The summed E-state index contributed by atoms with van der Waals surface area (Å²) in [6.45, 7) is 6.10. The minimum atomic E-state index is -0.221. The van der Waals surface area contributed by atoms with Crippen molar-refractivity contribution in [2.24, 2.45) is 11.8 Å². The second-order valence-corrected chi connectivity index (χ2v) is 5.14. The number of aliphatic hydroxyl groups excluding tert-OH is 1. The van der Waals surface area contributed by atoms with Crippen molar-refractivity contribution in [3.8, 4) is 0 Å². The molecule has 1 N–H and O–H groups in total. The highest BCUT2D eigenvalue weighted by molar-refractivity contribution is 5.55. The molecule has 0 saturated carbocycles. The molecule has 1 atom stereocenters. The third-order valence-corrected chi connectivity index (χ3v) is 3.72. The maximum absolute atomic E-state index is 13.9. The van der Waals surface area contributed by atoms with E-state index in [-0.39, 0.29) is 12.4 Å². The maximum Gasteiger partial charge on any atom is 0.146 e. The number of benzene rings is 1. The van der Waals surface area contributed by atoms with Gasteiger partial charge in [-0.2, -0.15) is 0 Å². The molecule has 2 rings (SSSR count). The van der Waals surface area contributed by atoms with Crippen LogP contribution in [0.25, 0.3) is 0 Å². The highest BCUT2D eigenvalue weighted by Crippen LogP contribution is 2.32. The third-order valence-electron chi connectivity index (χ3n) is 3.72. The molecule has 0 amide bonds. The van der Waals surface area contributed by atoms with Crippen LogP contribution in [0.5, 0.6) is 0 Å². The van der Waals surface area contributed by atoms with Gasteiger partial charge in [-0.15, -0.1) is 0 Å². The monoisotopic (exact) mass is 237 g/mol. The van der Waals surface area contributed by atoms with E-state index in [1.807, 2.05) is 0 Å². The third kappa shape index (κ3) is 2.44. The topological polar surface area (TPSA) is 23.5 Å². The summed E-state index contributed by atoms with van der Waals surface area (Å²) in [7, 11) is 0. The molecule has 1 aromatic rings. The predicted octanol–water partition coefficient (Wildman–Crippen LogP) is 2.80.